The Labute approximate surface area is 158 Å². The molecule has 1 fully saturated rings. The number of ether oxygens (including phenoxy) is 1. The molecule has 0 radical (unpaired) electrons. The highest BCUT2D eigenvalue weighted by molar-refractivity contribution is 5.91. The number of H-pyrrole nitrogens is 1. The molecule has 0 aliphatic carbocycles. The molecule has 2 aromatic carbocycles. The lowest BCUT2D eigenvalue weighted by Crippen LogP contribution is -2.17. The quantitative estimate of drug-likeness (QED) is 0.695. The zero-order chi connectivity index (χ0) is 18.8. The van der Waals surface area contributed by atoms with Crippen LogP contribution in [0.2, 0.25) is 0 Å². The van der Waals surface area contributed by atoms with E-state index in [2.05, 4.69) is 27.0 Å². The van der Waals surface area contributed by atoms with E-state index in [1.807, 2.05) is 43.3 Å². The number of nitrogens with zero attached hydrogens (tertiary/aromatic N) is 3. The predicted octanol–water partition coefficient (Wildman–Crippen LogP) is 4.54. The van der Waals surface area contributed by atoms with Crippen molar-refractivity contribution in [2.24, 2.45) is 0 Å². The molecule has 1 N–H and O–H groups in total. The van der Waals surface area contributed by atoms with Gasteiger partial charge in [0.1, 0.15) is 17.6 Å². The summed E-state index contributed by atoms with van der Waals surface area (Å²) in [6.07, 6.45) is 4.29. The minimum Gasteiger partial charge on any atom is -0.496 e. The Bertz CT molecular complexity index is 1050. The molecule has 27 heavy (non-hydrogen) atoms. The summed E-state index contributed by atoms with van der Waals surface area (Å²) >= 11 is 0. The lowest BCUT2D eigenvalue weighted by molar-refractivity contribution is 0.414. The molecule has 5 heteroatoms. The maximum atomic E-state index is 9.68. The number of nitrogens with one attached hydrogen (secondary N) is 1. The molecule has 0 amide bonds. The summed E-state index contributed by atoms with van der Waals surface area (Å²) in [5.41, 5.74) is 5.46. The molecule has 0 unspecified atom stereocenters. The highest BCUT2D eigenvalue weighted by Gasteiger charge is 2.15. The van der Waals surface area contributed by atoms with E-state index in [-0.39, 0.29) is 0 Å². The number of aromatic nitrogens is 2. The molecule has 1 aliphatic rings. The summed E-state index contributed by atoms with van der Waals surface area (Å²) in [5, 5.41) is 9.68. The summed E-state index contributed by atoms with van der Waals surface area (Å²) < 4.78 is 5.59. The van der Waals surface area contributed by atoms with Gasteiger partial charge in [0.15, 0.2) is 0 Å². The Morgan fingerprint density at radius 2 is 2.04 bits per heavy atom. The third kappa shape index (κ3) is 3.39. The Kier molecular flexibility index (Phi) is 4.55. The van der Waals surface area contributed by atoms with E-state index in [9.17, 15) is 5.26 Å². The Morgan fingerprint density at radius 3 is 2.78 bits per heavy atom. The fraction of sp³-hybridized carbons (Fsp3) is 0.273. The number of allylic oxidation sites excluding steroid dienone is 1. The third-order valence-corrected chi connectivity index (χ3v) is 5.00. The van der Waals surface area contributed by atoms with Crippen LogP contribution in [0.15, 0.2) is 36.4 Å². The van der Waals surface area contributed by atoms with Gasteiger partial charge in [-0.25, -0.2) is 4.98 Å². The smallest absolute Gasteiger partial charge is 0.149 e. The van der Waals surface area contributed by atoms with Gasteiger partial charge in [-0.05, 0) is 55.7 Å². The van der Waals surface area contributed by atoms with E-state index >= 15 is 0 Å². The van der Waals surface area contributed by atoms with Crippen LogP contribution in [0, 0.1) is 18.3 Å². The Hall–Kier alpha value is -3.26. The molecule has 2 heterocycles. The molecule has 3 aromatic rings. The van der Waals surface area contributed by atoms with Crippen molar-refractivity contribution in [1.29, 1.82) is 5.26 Å². The first-order valence-corrected chi connectivity index (χ1v) is 9.19. The van der Waals surface area contributed by atoms with Crippen molar-refractivity contribution in [2.45, 2.75) is 19.8 Å². The fourth-order valence-corrected chi connectivity index (χ4v) is 3.55. The zero-order valence-corrected chi connectivity index (χ0v) is 15.6. The van der Waals surface area contributed by atoms with Crippen LogP contribution in [-0.4, -0.2) is 30.2 Å². The highest BCUT2D eigenvalue weighted by Crippen LogP contribution is 2.30. The van der Waals surface area contributed by atoms with E-state index in [1.54, 1.807) is 7.11 Å². The Morgan fingerprint density at radius 1 is 1.22 bits per heavy atom. The highest BCUT2D eigenvalue weighted by atomic mass is 16.5. The van der Waals surface area contributed by atoms with Gasteiger partial charge >= 0.3 is 0 Å². The first-order chi connectivity index (χ1) is 13.2. The van der Waals surface area contributed by atoms with Crippen LogP contribution in [0.5, 0.6) is 5.75 Å². The number of hydrogen-bond donors (Lipinski definition) is 1. The van der Waals surface area contributed by atoms with Gasteiger partial charge in [0.2, 0.25) is 0 Å². The maximum Gasteiger partial charge on any atom is 0.149 e. The molecule has 0 atom stereocenters. The third-order valence-electron chi connectivity index (χ3n) is 5.00. The first-order valence-electron chi connectivity index (χ1n) is 9.19. The lowest BCUT2D eigenvalue weighted by atomic mass is 10.1. The number of anilines is 1. The summed E-state index contributed by atoms with van der Waals surface area (Å²) in [6, 6.07) is 14.4. The van der Waals surface area contributed by atoms with Crippen molar-refractivity contribution in [2.75, 3.05) is 25.1 Å². The van der Waals surface area contributed by atoms with Crippen LogP contribution in [-0.2, 0) is 0 Å². The van der Waals surface area contributed by atoms with Crippen molar-refractivity contribution in [1.82, 2.24) is 9.97 Å². The molecular formula is C22H22N4O. The van der Waals surface area contributed by atoms with E-state index in [4.69, 9.17) is 4.74 Å². The van der Waals surface area contributed by atoms with Crippen molar-refractivity contribution < 1.29 is 4.74 Å². The molecule has 1 saturated heterocycles. The lowest BCUT2D eigenvalue weighted by Gasteiger charge is -2.19. The number of methoxy groups -OCH3 is 1. The van der Waals surface area contributed by atoms with Crippen LogP contribution in [0.4, 0.5) is 5.69 Å². The van der Waals surface area contributed by atoms with Gasteiger partial charge in [0, 0.05) is 30.4 Å². The minimum absolute atomic E-state index is 0.482. The summed E-state index contributed by atoms with van der Waals surface area (Å²) in [4.78, 5) is 10.2. The molecule has 5 nitrogen and oxygen atoms in total. The molecule has 0 spiro atoms. The van der Waals surface area contributed by atoms with Gasteiger partial charge < -0.3 is 14.6 Å². The fourth-order valence-electron chi connectivity index (χ4n) is 3.55. The average Bonchev–Trinajstić information content (AvgIpc) is 3.35. The van der Waals surface area contributed by atoms with Crippen LogP contribution < -0.4 is 9.64 Å². The zero-order valence-electron chi connectivity index (χ0n) is 15.6. The Balaban J connectivity index is 1.72. The standard InChI is InChI=1S/C22H22N4O/c1-15-5-8-19-20(11-15)25-22(24-19)17(14-23)12-16-6-7-18(13-21(16)27-2)26-9-3-4-10-26/h5-8,11-13H,3-4,9-10H2,1-2H3,(H,24,25)/b17-12-. The van der Waals surface area contributed by atoms with Gasteiger partial charge in [0.05, 0.1) is 23.7 Å². The van der Waals surface area contributed by atoms with E-state index in [0.29, 0.717) is 11.4 Å². The normalized spacial score (nSPS) is 14.6. The monoisotopic (exact) mass is 358 g/mol. The van der Waals surface area contributed by atoms with Gasteiger partial charge in [-0.2, -0.15) is 5.26 Å². The number of aryl methyl sites for hydroxylation is 1. The predicted molar refractivity (Wildman–Crippen MR) is 109 cm³/mol. The molecule has 1 aliphatic heterocycles. The summed E-state index contributed by atoms with van der Waals surface area (Å²) in [7, 11) is 1.66. The van der Waals surface area contributed by atoms with Crippen molar-refractivity contribution in [3.63, 3.8) is 0 Å². The second-order valence-corrected chi connectivity index (χ2v) is 6.90. The van der Waals surface area contributed by atoms with E-state index < -0.39 is 0 Å². The number of hydrogen-bond acceptors (Lipinski definition) is 4. The van der Waals surface area contributed by atoms with Gasteiger partial charge in [-0.15, -0.1) is 0 Å². The van der Waals surface area contributed by atoms with Gasteiger partial charge in [-0.1, -0.05) is 6.07 Å². The SMILES string of the molecule is COc1cc(N2CCCC2)ccc1/C=C(/C#N)c1nc2ccc(C)cc2[nH]1. The van der Waals surface area contributed by atoms with Crippen LogP contribution >= 0.6 is 0 Å². The molecule has 0 saturated carbocycles. The van der Waals surface area contributed by atoms with Gasteiger partial charge in [-0.3, -0.25) is 0 Å². The van der Waals surface area contributed by atoms with Gasteiger partial charge in [0.25, 0.3) is 0 Å². The van der Waals surface area contributed by atoms with Crippen LogP contribution in [0.1, 0.15) is 29.8 Å². The van der Waals surface area contributed by atoms with E-state index in [0.717, 1.165) is 41.0 Å². The summed E-state index contributed by atoms with van der Waals surface area (Å²) in [6.45, 7) is 4.20. The van der Waals surface area contributed by atoms with Crippen molar-refractivity contribution in [3.05, 3.63) is 53.3 Å². The largest absolute Gasteiger partial charge is 0.496 e. The molecule has 1 aromatic heterocycles. The second kappa shape index (κ2) is 7.16. The molecule has 136 valence electrons. The van der Waals surface area contributed by atoms with E-state index in [1.165, 1.54) is 18.5 Å². The average molecular weight is 358 g/mol. The van der Waals surface area contributed by atoms with Crippen LogP contribution in [0.3, 0.4) is 0 Å². The number of fused-ring (bicyclic) bond motifs is 1. The van der Waals surface area contributed by atoms with Crippen LogP contribution in [0.25, 0.3) is 22.7 Å². The number of aromatic amines is 1. The number of benzene rings is 2. The maximum absolute atomic E-state index is 9.68. The van der Waals surface area contributed by atoms with Crippen molar-refractivity contribution >= 4 is 28.4 Å². The molecular weight excluding hydrogens is 336 g/mol. The molecule has 4 rings (SSSR count). The number of rotatable bonds is 4. The minimum atomic E-state index is 0.482. The number of imidazole rings is 1. The summed E-state index contributed by atoms with van der Waals surface area (Å²) in [5.74, 6) is 1.34. The van der Waals surface area contributed by atoms with Crippen molar-refractivity contribution in [3.8, 4) is 11.8 Å². The number of nitriles is 1. The molecule has 0 bridgehead atoms. The first kappa shape index (κ1) is 17.2. The topological polar surface area (TPSA) is 64.9 Å². The second-order valence-electron chi connectivity index (χ2n) is 6.90.